The number of carboxylic acids is 1. The van der Waals surface area contributed by atoms with Crippen LogP contribution in [0, 0.1) is 24.1 Å². The molecule has 0 saturated carbocycles. The van der Waals surface area contributed by atoms with Crippen molar-refractivity contribution in [3.05, 3.63) is 65.0 Å². The maximum atomic E-state index is 13.9. The molecule has 6 heteroatoms. The zero-order valence-corrected chi connectivity index (χ0v) is 16.3. The van der Waals surface area contributed by atoms with Crippen LogP contribution in [-0.2, 0) is 11.2 Å². The van der Waals surface area contributed by atoms with E-state index in [0.717, 1.165) is 10.6 Å². The number of carboxylic acid groups (broad SMARTS) is 1. The highest BCUT2D eigenvalue weighted by molar-refractivity contribution is 7.99. The molecule has 3 rings (SSSR count). The number of nitriles is 1. The molecule has 0 atom stereocenters. The molecule has 4 nitrogen and oxygen atoms in total. The molecule has 0 unspecified atom stereocenters. The highest BCUT2D eigenvalue weighted by atomic mass is 32.2. The Hall–Kier alpha value is -3.04. The second-order valence-electron chi connectivity index (χ2n) is 6.23. The van der Waals surface area contributed by atoms with Gasteiger partial charge in [-0.05, 0) is 59.5 Å². The summed E-state index contributed by atoms with van der Waals surface area (Å²) >= 11 is 1.62. The minimum Gasteiger partial charge on any atom is -0.481 e. The van der Waals surface area contributed by atoms with Gasteiger partial charge in [0, 0.05) is 10.3 Å². The van der Waals surface area contributed by atoms with E-state index in [9.17, 15) is 19.6 Å². The minimum atomic E-state index is -0.964. The van der Waals surface area contributed by atoms with Crippen molar-refractivity contribution >= 4 is 28.5 Å². The van der Waals surface area contributed by atoms with Gasteiger partial charge in [-0.3, -0.25) is 4.79 Å². The summed E-state index contributed by atoms with van der Waals surface area (Å²) in [7, 11) is 0. The fraction of sp³-hybridized carbons (Fsp3) is 0.182. The van der Waals surface area contributed by atoms with Crippen molar-refractivity contribution in [2.24, 2.45) is 0 Å². The number of hydrogen-bond acceptors (Lipinski definition) is 4. The van der Waals surface area contributed by atoms with E-state index < -0.39 is 11.8 Å². The van der Waals surface area contributed by atoms with Crippen LogP contribution in [0.15, 0.2) is 47.4 Å². The molecule has 0 amide bonds. The Bertz CT molecular complexity index is 1110. The molecule has 0 heterocycles. The number of carbonyl (C=O) groups is 1. The van der Waals surface area contributed by atoms with Gasteiger partial charge < -0.3 is 9.84 Å². The lowest BCUT2D eigenvalue weighted by Crippen LogP contribution is -2.04. The number of thioether (sulfide) groups is 1. The van der Waals surface area contributed by atoms with Crippen molar-refractivity contribution in [1.82, 2.24) is 0 Å². The lowest BCUT2D eigenvalue weighted by molar-refractivity contribution is -0.136. The van der Waals surface area contributed by atoms with Crippen LogP contribution in [0.2, 0.25) is 0 Å². The van der Waals surface area contributed by atoms with Crippen molar-refractivity contribution in [3.63, 3.8) is 0 Å². The summed E-state index contributed by atoms with van der Waals surface area (Å²) in [5, 5.41) is 19.9. The summed E-state index contributed by atoms with van der Waals surface area (Å²) in [6, 6.07) is 13.5. The van der Waals surface area contributed by atoms with E-state index in [4.69, 9.17) is 4.74 Å². The van der Waals surface area contributed by atoms with Crippen LogP contribution in [0.25, 0.3) is 10.8 Å². The third-order valence-electron chi connectivity index (χ3n) is 4.35. The molecule has 3 aromatic carbocycles. The number of fused-ring (bicyclic) bond motifs is 1. The average molecular weight is 395 g/mol. The van der Waals surface area contributed by atoms with Crippen molar-refractivity contribution < 1.29 is 19.0 Å². The van der Waals surface area contributed by atoms with Gasteiger partial charge in [-0.1, -0.05) is 19.1 Å². The SMILES string of the molecule is CCSc1ccc(Oc2c(C)c(CC(=O)O)cc3ccc(F)cc23)c(C#N)c1. The molecule has 0 aromatic heterocycles. The summed E-state index contributed by atoms with van der Waals surface area (Å²) in [6.45, 7) is 3.77. The molecule has 0 radical (unpaired) electrons. The number of benzene rings is 3. The van der Waals surface area contributed by atoms with E-state index >= 15 is 0 Å². The fourth-order valence-corrected chi connectivity index (χ4v) is 3.72. The summed E-state index contributed by atoms with van der Waals surface area (Å²) < 4.78 is 19.9. The van der Waals surface area contributed by atoms with Crippen LogP contribution in [0.4, 0.5) is 4.39 Å². The van der Waals surface area contributed by atoms with E-state index in [1.54, 1.807) is 43.0 Å². The first-order valence-corrected chi connectivity index (χ1v) is 9.69. The standard InChI is InChI=1S/C22H18FNO3S/c1-3-28-18-6-7-20(16(9-18)12-24)27-22-13(2)15(10-21(25)26)8-14-4-5-17(23)11-19(14)22/h4-9,11H,3,10H2,1-2H3,(H,25,26). The number of ether oxygens (including phenoxy) is 1. The zero-order chi connectivity index (χ0) is 20.3. The Morgan fingerprint density at radius 2 is 2.04 bits per heavy atom. The molecule has 0 bridgehead atoms. The van der Waals surface area contributed by atoms with E-state index in [1.165, 1.54) is 12.1 Å². The van der Waals surface area contributed by atoms with Gasteiger partial charge in [0.05, 0.1) is 12.0 Å². The largest absolute Gasteiger partial charge is 0.481 e. The summed E-state index contributed by atoms with van der Waals surface area (Å²) in [5.74, 6) is 0.211. The van der Waals surface area contributed by atoms with Gasteiger partial charge in [0.1, 0.15) is 23.4 Å². The van der Waals surface area contributed by atoms with Gasteiger partial charge in [-0.25, -0.2) is 4.39 Å². The smallest absolute Gasteiger partial charge is 0.307 e. The molecule has 0 fully saturated rings. The Balaban J connectivity index is 2.16. The van der Waals surface area contributed by atoms with Gasteiger partial charge in [-0.15, -0.1) is 11.8 Å². The van der Waals surface area contributed by atoms with Crippen LogP contribution < -0.4 is 4.74 Å². The van der Waals surface area contributed by atoms with Gasteiger partial charge in [0.25, 0.3) is 0 Å². The van der Waals surface area contributed by atoms with Crippen molar-refractivity contribution in [3.8, 4) is 17.6 Å². The molecule has 0 saturated heterocycles. The number of halogens is 1. The first-order valence-electron chi connectivity index (χ1n) is 8.71. The van der Waals surface area contributed by atoms with Crippen LogP contribution in [0.5, 0.6) is 11.5 Å². The molecule has 142 valence electrons. The Kier molecular flexibility index (Phi) is 5.86. The predicted molar refractivity (Wildman–Crippen MR) is 108 cm³/mol. The lowest BCUT2D eigenvalue weighted by Gasteiger charge is -2.16. The second-order valence-corrected chi connectivity index (χ2v) is 7.57. The maximum absolute atomic E-state index is 13.9. The molecular weight excluding hydrogens is 377 g/mol. The topological polar surface area (TPSA) is 70.3 Å². The number of hydrogen-bond donors (Lipinski definition) is 1. The molecule has 1 N–H and O–H groups in total. The highest BCUT2D eigenvalue weighted by Gasteiger charge is 2.17. The van der Waals surface area contributed by atoms with E-state index in [2.05, 4.69) is 6.07 Å². The van der Waals surface area contributed by atoms with E-state index in [0.29, 0.717) is 39.0 Å². The molecule has 28 heavy (non-hydrogen) atoms. The molecule has 0 spiro atoms. The van der Waals surface area contributed by atoms with Gasteiger partial charge in [0.15, 0.2) is 0 Å². The molecule has 0 aliphatic heterocycles. The van der Waals surface area contributed by atoms with Crippen molar-refractivity contribution in [2.75, 3.05) is 5.75 Å². The van der Waals surface area contributed by atoms with Crippen molar-refractivity contribution in [1.29, 1.82) is 5.26 Å². The normalized spacial score (nSPS) is 10.6. The number of aliphatic carboxylic acids is 1. The molecular formula is C22H18FNO3S. The third kappa shape index (κ3) is 4.10. The average Bonchev–Trinajstić information content (AvgIpc) is 2.66. The molecule has 3 aromatic rings. The monoisotopic (exact) mass is 395 g/mol. The lowest BCUT2D eigenvalue weighted by atomic mass is 9.98. The zero-order valence-electron chi connectivity index (χ0n) is 15.5. The van der Waals surface area contributed by atoms with E-state index in [1.807, 2.05) is 13.0 Å². The van der Waals surface area contributed by atoms with Gasteiger partial charge >= 0.3 is 5.97 Å². The quantitative estimate of drug-likeness (QED) is 0.543. The van der Waals surface area contributed by atoms with Crippen LogP contribution in [0.3, 0.4) is 0 Å². The number of nitrogens with zero attached hydrogens (tertiary/aromatic N) is 1. The van der Waals surface area contributed by atoms with Crippen molar-refractivity contribution in [2.45, 2.75) is 25.2 Å². The van der Waals surface area contributed by atoms with Crippen LogP contribution in [0.1, 0.15) is 23.6 Å². The Morgan fingerprint density at radius 1 is 1.25 bits per heavy atom. The second kappa shape index (κ2) is 8.32. The highest BCUT2D eigenvalue weighted by Crippen LogP contribution is 2.38. The Morgan fingerprint density at radius 3 is 2.71 bits per heavy atom. The first kappa shape index (κ1) is 19.7. The van der Waals surface area contributed by atoms with Gasteiger partial charge in [-0.2, -0.15) is 5.26 Å². The fourth-order valence-electron chi connectivity index (χ4n) is 3.02. The summed E-state index contributed by atoms with van der Waals surface area (Å²) in [4.78, 5) is 12.2. The van der Waals surface area contributed by atoms with Crippen LogP contribution in [-0.4, -0.2) is 16.8 Å². The minimum absolute atomic E-state index is 0.174. The predicted octanol–water partition coefficient (Wildman–Crippen LogP) is 5.69. The molecule has 0 aliphatic carbocycles. The third-order valence-corrected chi connectivity index (χ3v) is 5.22. The maximum Gasteiger partial charge on any atom is 0.307 e. The first-order chi connectivity index (χ1) is 13.4. The molecule has 0 aliphatic rings. The summed E-state index contributed by atoms with van der Waals surface area (Å²) in [6.07, 6.45) is -0.174. The van der Waals surface area contributed by atoms with E-state index in [-0.39, 0.29) is 6.42 Å². The number of rotatable bonds is 6. The summed E-state index contributed by atoms with van der Waals surface area (Å²) in [5.41, 5.74) is 1.56. The Labute approximate surface area is 166 Å². The van der Waals surface area contributed by atoms with Crippen LogP contribution >= 0.6 is 11.8 Å². The van der Waals surface area contributed by atoms with Gasteiger partial charge in [0.2, 0.25) is 0 Å².